The summed E-state index contributed by atoms with van der Waals surface area (Å²) in [6.07, 6.45) is 2.03. The maximum atomic E-state index is 12.3. The van der Waals surface area contributed by atoms with E-state index in [1.165, 1.54) is 0 Å². The van der Waals surface area contributed by atoms with E-state index in [1.54, 1.807) is 12.3 Å². The zero-order chi connectivity index (χ0) is 16.9. The molecular formula is C17H22N6O. The van der Waals surface area contributed by atoms with Crippen LogP contribution in [0.4, 0.5) is 17.5 Å². The lowest BCUT2D eigenvalue weighted by atomic mass is 10.1. The van der Waals surface area contributed by atoms with Gasteiger partial charge in [0.2, 0.25) is 11.9 Å². The first-order valence-electron chi connectivity index (χ1n) is 8.01. The number of benzene rings is 1. The van der Waals surface area contributed by atoms with Gasteiger partial charge in [-0.15, -0.1) is 0 Å². The van der Waals surface area contributed by atoms with Crippen molar-refractivity contribution >= 4 is 23.4 Å². The SMILES string of the molecule is CN1CCN(C(=O)Cc2ccc(Nc3nccc(N)n3)cc2)CC1. The van der Waals surface area contributed by atoms with Gasteiger partial charge in [-0.25, -0.2) is 4.98 Å². The lowest BCUT2D eigenvalue weighted by molar-refractivity contribution is -0.132. The van der Waals surface area contributed by atoms with Gasteiger partial charge in [-0.3, -0.25) is 4.79 Å². The molecule has 126 valence electrons. The molecule has 0 unspecified atom stereocenters. The summed E-state index contributed by atoms with van der Waals surface area (Å²) in [4.78, 5) is 24.7. The minimum Gasteiger partial charge on any atom is -0.384 e. The predicted octanol–water partition coefficient (Wildman–Crippen LogP) is 1.12. The van der Waals surface area contributed by atoms with Gasteiger partial charge >= 0.3 is 0 Å². The molecule has 0 spiro atoms. The summed E-state index contributed by atoms with van der Waals surface area (Å²) < 4.78 is 0. The number of nitrogens with one attached hydrogen (secondary N) is 1. The van der Waals surface area contributed by atoms with E-state index in [1.807, 2.05) is 29.2 Å². The number of aromatic nitrogens is 2. The number of anilines is 3. The number of rotatable bonds is 4. The van der Waals surface area contributed by atoms with E-state index in [-0.39, 0.29) is 5.91 Å². The Morgan fingerprint density at radius 3 is 2.54 bits per heavy atom. The Morgan fingerprint density at radius 1 is 1.17 bits per heavy atom. The Kier molecular flexibility index (Phi) is 4.90. The van der Waals surface area contributed by atoms with Crippen molar-refractivity contribution in [1.82, 2.24) is 19.8 Å². The van der Waals surface area contributed by atoms with Crippen molar-refractivity contribution in [2.45, 2.75) is 6.42 Å². The molecule has 3 rings (SSSR count). The van der Waals surface area contributed by atoms with Crippen LogP contribution in [0.3, 0.4) is 0 Å². The summed E-state index contributed by atoms with van der Waals surface area (Å²) in [6.45, 7) is 3.49. The fourth-order valence-corrected chi connectivity index (χ4v) is 2.61. The molecule has 0 radical (unpaired) electrons. The standard InChI is InChI=1S/C17H22N6O/c1-22-8-10-23(11-9-22)16(24)12-13-2-4-14(5-3-13)20-17-19-7-6-15(18)21-17/h2-7H,8-12H2,1H3,(H3,18,19,20,21). The minimum absolute atomic E-state index is 0.183. The third-order valence-corrected chi connectivity index (χ3v) is 4.10. The number of nitrogen functional groups attached to an aromatic ring is 1. The third-order valence-electron chi connectivity index (χ3n) is 4.10. The average Bonchev–Trinajstić information content (AvgIpc) is 2.57. The van der Waals surface area contributed by atoms with E-state index in [0.717, 1.165) is 37.4 Å². The Morgan fingerprint density at radius 2 is 1.88 bits per heavy atom. The number of carbonyl (C=O) groups excluding carboxylic acids is 1. The van der Waals surface area contributed by atoms with Crippen LogP contribution in [-0.2, 0) is 11.2 Å². The lowest BCUT2D eigenvalue weighted by Crippen LogP contribution is -2.47. The highest BCUT2D eigenvalue weighted by molar-refractivity contribution is 5.79. The van der Waals surface area contributed by atoms with Gasteiger partial charge in [0.15, 0.2) is 0 Å². The van der Waals surface area contributed by atoms with Crippen LogP contribution in [0.1, 0.15) is 5.56 Å². The van der Waals surface area contributed by atoms with E-state index in [4.69, 9.17) is 5.73 Å². The second-order valence-corrected chi connectivity index (χ2v) is 5.99. The first kappa shape index (κ1) is 16.2. The fourth-order valence-electron chi connectivity index (χ4n) is 2.61. The maximum absolute atomic E-state index is 12.3. The van der Waals surface area contributed by atoms with Crippen LogP contribution >= 0.6 is 0 Å². The Balaban J connectivity index is 1.57. The third kappa shape index (κ3) is 4.20. The number of carbonyl (C=O) groups is 1. The highest BCUT2D eigenvalue weighted by atomic mass is 16.2. The normalized spacial score (nSPS) is 15.3. The molecule has 0 bridgehead atoms. The quantitative estimate of drug-likeness (QED) is 0.875. The van der Waals surface area contributed by atoms with Gasteiger partial charge in [0.25, 0.3) is 0 Å². The number of nitrogens with two attached hydrogens (primary N) is 1. The predicted molar refractivity (Wildman–Crippen MR) is 94.0 cm³/mol. The van der Waals surface area contributed by atoms with Crippen LogP contribution in [0.5, 0.6) is 0 Å². The van der Waals surface area contributed by atoms with Crippen molar-refractivity contribution in [2.24, 2.45) is 0 Å². The van der Waals surface area contributed by atoms with Gasteiger partial charge in [0, 0.05) is 38.1 Å². The Bertz CT molecular complexity index is 694. The second kappa shape index (κ2) is 7.27. The van der Waals surface area contributed by atoms with Crippen LogP contribution < -0.4 is 11.1 Å². The van der Waals surface area contributed by atoms with Crippen LogP contribution in [0, 0.1) is 0 Å². The first-order valence-corrected chi connectivity index (χ1v) is 8.01. The molecule has 1 aliphatic heterocycles. The summed E-state index contributed by atoms with van der Waals surface area (Å²) >= 11 is 0. The molecule has 7 nitrogen and oxygen atoms in total. The number of hydrogen-bond donors (Lipinski definition) is 2. The van der Waals surface area contributed by atoms with E-state index in [0.29, 0.717) is 18.2 Å². The molecule has 2 aromatic rings. The summed E-state index contributed by atoms with van der Waals surface area (Å²) in [7, 11) is 2.08. The van der Waals surface area contributed by atoms with Crippen LogP contribution in [0.2, 0.25) is 0 Å². The second-order valence-electron chi connectivity index (χ2n) is 5.99. The molecule has 0 atom stereocenters. The largest absolute Gasteiger partial charge is 0.384 e. The van der Waals surface area contributed by atoms with Gasteiger partial charge < -0.3 is 20.9 Å². The molecule has 1 aliphatic rings. The number of nitrogens with zero attached hydrogens (tertiary/aromatic N) is 4. The summed E-state index contributed by atoms with van der Waals surface area (Å²) in [5.41, 5.74) is 7.49. The van der Waals surface area contributed by atoms with Crippen molar-refractivity contribution in [1.29, 1.82) is 0 Å². The molecule has 0 saturated carbocycles. The summed E-state index contributed by atoms with van der Waals surface area (Å²) in [5.74, 6) is 1.06. The lowest BCUT2D eigenvalue weighted by Gasteiger charge is -2.32. The smallest absolute Gasteiger partial charge is 0.229 e. The van der Waals surface area contributed by atoms with E-state index >= 15 is 0 Å². The number of amides is 1. The fraction of sp³-hybridized carbons (Fsp3) is 0.353. The van der Waals surface area contributed by atoms with Crippen molar-refractivity contribution in [2.75, 3.05) is 44.3 Å². The molecule has 0 aliphatic carbocycles. The van der Waals surface area contributed by atoms with Crippen molar-refractivity contribution < 1.29 is 4.79 Å². The van der Waals surface area contributed by atoms with Crippen LogP contribution in [0.25, 0.3) is 0 Å². The van der Waals surface area contributed by atoms with Crippen LogP contribution in [-0.4, -0.2) is 58.9 Å². The maximum Gasteiger partial charge on any atom is 0.229 e. The molecule has 1 fully saturated rings. The minimum atomic E-state index is 0.183. The Labute approximate surface area is 141 Å². The first-order chi connectivity index (χ1) is 11.6. The molecule has 7 heteroatoms. The van der Waals surface area contributed by atoms with Gasteiger partial charge in [0.1, 0.15) is 5.82 Å². The molecule has 1 aromatic heterocycles. The number of likely N-dealkylation sites (N-methyl/N-ethyl adjacent to an activating group) is 1. The average molecular weight is 326 g/mol. The van der Waals surface area contributed by atoms with Gasteiger partial charge in [-0.05, 0) is 30.8 Å². The zero-order valence-electron chi connectivity index (χ0n) is 13.8. The van der Waals surface area contributed by atoms with Crippen LogP contribution in [0.15, 0.2) is 36.5 Å². The molecule has 3 N–H and O–H groups in total. The highest BCUT2D eigenvalue weighted by Crippen LogP contribution is 2.15. The number of hydrogen-bond acceptors (Lipinski definition) is 6. The summed E-state index contributed by atoms with van der Waals surface area (Å²) in [6, 6.07) is 9.36. The topological polar surface area (TPSA) is 87.4 Å². The number of piperazine rings is 1. The van der Waals surface area contributed by atoms with E-state index in [2.05, 4.69) is 27.2 Å². The van der Waals surface area contributed by atoms with Gasteiger partial charge in [-0.2, -0.15) is 4.98 Å². The van der Waals surface area contributed by atoms with E-state index in [9.17, 15) is 4.79 Å². The highest BCUT2D eigenvalue weighted by Gasteiger charge is 2.18. The van der Waals surface area contributed by atoms with E-state index < -0.39 is 0 Å². The molecule has 1 aromatic carbocycles. The van der Waals surface area contributed by atoms with Crippen molar-refractivity contribution in [3.8, 4) is 0 Å². The van der Waals surface area contributed by atoms with Gasteiger partial charge in [0.05, 0.1) is 6.42 Å². The van der Waals surface area contributed by atoms with Gasteiger partial charge in [-0.1, -0.05) is 12.1 Å². The van der Waals surface area contributed by atoms with Crippen molar-refractivity contribution in [3.05, 3.63) is 42.1 Å². The summed E-state index contributed by atoms with van der Waals surface area (Å²) in [5, 5.41) is 3.09. The Hall–Kier alpha value is -2.67. The molecule has 1 amide bonds. The molecule has 1 saturated heterocycles. The molecular weight excluding hydrogens is 304 g/mol. The monoisotopic (exact) mass is 326 g/mol. The molecule has 24 heavy (non-hydrogen) atoms. The zero-order valence-corrected chi connectivity index (χ0v) is 13.8. The molecule has 2 heterocycles. The van der Waals surface area contributed by atoms with Crippen molar-refractivity contribution in [3.63, 3.8) is 0 Å².